The van der Waals surface area contributed by atoms with Gasteiger partial charge in [0.2, 0.25) is 0 Å². The number of halogens is 2. The van der Waals surface area contributed by atoms with Gasteiger partial charge in [0.25, 0.3) is 5.91 Å². The summed E-state index contributed by atoms with van der Waals surface area (Å²) in [6.45, 7) is 4.77. The summed E-state index contributed by atoms with van der Waals surface area (Å²) in [5, 5.41) is 0. The Morgan fingerprint density at radius 3 is 2.58 bits per heavy atom. The van der Waals surface area contributed by atoms with Crippen LogP contribution in [0.5, 0.6) is 11.5 Å². The van der Waals surface area contributed by atoms with Crippen molar-refractivity contribution in [3.05, 3.63) is 64.7 Å². The molecule has 8 heteroatoms. The second-order valence-electron chi connectivity index (χ2n) is 10.6. The predicted molar refractivity (Wildman–Crippen MR) is 145 cm³/mol. The molecule has 2 fully saturated rings. The minimum Gasteiger partial charge on any atom is -0.493 e. The number of hydrogen-bond acceptors (Lipinski definition) is 5. The molecule has 6 nitrogen and oxygen atoms in total. The Hall–Kier alpha value is -2.97. The van der Waals surface area contributed by atoms with E-state index >= 15 is 0 Å². The van der Waals surface area contributed by atoms with Crippen LogP contribution >= 0.6 is 0 Å². The van der Waals surface area contributed by atoms with E-state index in [0.717, 1.165) is 56.8 Å². The third kappa shape index (κ3) is 6.91. The molecule has 1 unspecified atom stereocenters. The number of carbonyl (C=O) groups is 1. The Labute approximate surface area is 224 Å². The Balaban J connectivity index is 1.57. The summed E-state index contributed by atoms with van der Waals surface area (Å²) >= 11 is 0. The molecule has 4 rings (SSSR count). The third-order valence-electron chi connectivity index (χ3n) is 7.73. The molecule has 2 N–H and O–H groups in total. The van der Waals surface area contributed by atoms with Gasteiger partial charge >= 0.3 is 0 Å². The lowest BCUT2D eigenvalue weighted by Gasteiger charge is -2.33. The monoisotopic (exact) mass is 527 g/mol. The molecule has 0 spiro atoms. The highest BCUT2D eigenvalue weighted by molar-refractivity contribution is 5.95. The van der Waals surface area contributed by atoms with Crippen molar-refractivity contribution in [1.29, 1.82) is 0 Å². The molecular formula is C30H39F2N3O3. The van der Waals surface area contributed by atoms with Gasteiger partial charge in [-0.05, 0) is 81.8 Å². The maximum absolute atomic E-state index is 14.3. The van der Waals surface area contributed by atoms with Crippen LogP contribution in [0.1, 0.15) is 54.9 Å². The van der Waals surface area contributed by atoms with Gasteiger partial charge in [0.1, 0.15) is 11.6 Å². The second kappa shape index (κ2) is 12.7. The van der Waals surface area contributed by atoms with Crippen LogP contribution in [0.25, 0.3) is 6.08 Å². The minimum atomic E-state index is -0.626. The van der Waals surface area contributed by atoms with Gasteiger partial charge in [-0.1, -0.05) is 11.6 Å². The van der Waals surface area contributed by atoms with Gasteiger partial charge in [-0.15, -0.1) is 0 Å². The topological polar surface area (TPSA) is 68.0 Å². The van der Waals surface area contributed by atoms with Gasteiger partial charge in [-0.25, -0.2) is 8.78 Å². The summed E-state index contributed by atoms with van der Waals surface area (Å²) in [5.74, 6) is 0.261. The van der Waals surface area contributed by atoms with Crippen molar-refractivity contribution >= 4 is 12.0 Å². The first-order chi connectivity index (χ1) is 18.3. The Bertz CT molecular complexity index is 1160. The highest BCUT2D eigenvalue weighted by Gasteiger charge is 2.32. The summed E-state index contributed by atoms with van der Waals surface area (Å²) in [6, 6.07) is 9.22. The maximum atomic E-state index is 14.3. The first kappa shape index (κ1) is 28.0. The number of carbonyl (C=O) groups excluding carboxylic acids is 1. The van der Waals surface area contributed by atoms with Crippen molar-refractivity contribution in [1.82, 2.24) is 9.80 Å². The summed E-state index contributed by atoms with van der Waals surface area (Å²) in [4.78, 5) is 18.2. The molecule has 206 valence electrons. The molecule has 1 amide bonds. The SMILES string of the molecule is COc1ccc(C(=O)N(CC(C)=Cc2ccc(F)cc2F)CC2CCCN2C[C@H]2CC[C@@H](N)C2)cc1OC. The zero-order valence-electron chi connectivity index (χ0n) is 22.6. The van der Waals surface area contributed by atoms with Crippen molar-refractivity contribution in [3.63, 3.8) is 0 Å². The molecule has 1 saturated carbocycles. The van der Waals surface area contributed by atoms with E-state index in [-0.39, 0.29) is 11.9 Å². The van der Waals surface area contributed by atoms with Gasteiger partial charge in [0.05, 0.1) is 14.2 Å². The normalized spacial score (nSPS) is 22.1. The van der Waals surface area contributed by atoms with E-state index in [9.17, 15) is 13.6 Å². The lowest BCUT2D eigenvalue weighted by Crippen LogP contribution is -2.45. The molecule has 1 saturated heterocycles. The number of amides is 1. The summed E-state index contributed by atoms with van der Waals surface area (Å²) < 4.78 is 38.5. The number of methoxy groups -OCH3 is 2. The number of likely N-dealkylation sites (tertiary alicyclic amines) is 1. The summed E-state index contributed by atoms with van der Waals surface area (Å²) in [6.07, 6.45) is 7.08. The number of benzene rings is 2. The van der Waals surface area contributed by atoms with Gasteiger partial charge in [0.15, 0.2) is 11.5 Å². The highest BCUT2D eigenvalue weighted by Crippen LogP contribution is 2.30. The molecule has 0 bridgehead atoms. The van der Waals surface area contributed by atoms with Crippen LogP contribution < -0.4 is 15.2 Å². The number of nitrogens with two attached hydrogens (primary N) is 1. The lowest BCUT2D eigenvalue weighted by molar-refractivity contribution is 0.0714. The molecule has 38 heavy (non-hydrogen) atoms. The number of nitrogens with zero attached hydrogens (tertiary/aromatic N) is 2. The van der Waals surface area contributed by atoms with Crippen LogP contribution in [0, 0.1) is 17.6 Å². The fourth-order valence-corrected chi connectivity index (χ4v) is 5.81. The Morgan fingerprint density at radius 1 is 1.11 bits per heavy atom. The quantitative estimate of drug-likeness (QED) is 0.465. The standard InChI is InChI=1S/C30H39F2N3O3/c1-20(13-22-7-9-24(31)16-27(22)32)17-35(30(36)23-8-11-28(37-2)29(15-23)38-3)19-26-5-4-12-34(26)18-21-6-10-25(33)14-21/h7-9,11,13,15-16,21,25-26H,4-6,10,12,14,17-19,33H2,1-3H3/t21-,25+,26?/m0/s1. The smallest absolute Gasteiger partial charge is 0.254 e. The van der Waals surface area contributed by atoms with Gasteiger partial charge in [-0.3, -0.25) is 9.69 Å². The van der Waals surface area contributed by atoms with Crippen LogP contribution in [0.2, 0.25) is 0 Å². The van der Waals surface area contributed by atoms with Crippen molar-refractivity contribution in [3.8, 4) is 11.5 Å². The first-order valence-electron chi connectivity index (χ1n) is 13.4. The molecule has 1 heterocycles. The van der Waals surface area contributed by atoms with Gasteiger partial charge < -0.3 is 20.1 Å². The molecule has 3 atom stereocenters. The first-order valence-corrected chi connectivity index (χ1v) is 13.4. The van der Waals surface area contributed by atoms with E-state index in [0.29, 0.717) is 47.7 Å². The van der Waals surface area contributed by atoms with Crippen molar-refractivity contribution < 1.29 is 23.0 Å². The molecule has 1 aliphatic carbocycles. The molecule has 2 aromatic carbocycles. The molecule has 2 aromatic rings. The van der Waals surface area contributed by atoms with E-state index in [2.05, 4.69) is 4.90 Å². The van der Waals surface area contributed by atoms with Crippen molar-refractivity contribution in [2.24, 2.45) is 11.7 Å². The van der Waals surface area contributed by atoms with E-state index in [4.69, 9.17) is 15.2 Å². The van der Waals surface area contributed by atoms with Crippen LogP contribution in [0.3, 0.4) is 0 Å². The molecular weight excluding hydrogens is 488 g/mol. The van der Waals surface area contributed by atoms with E-state index in [1.807, 2.05) is 11.8 Å². The number of hydrogen-bond donors (Lipinski definition) is 1. The number of ether oxygens (including phenoxy) is 2. The van der Waals surface area contributed by atoms with E-state index < -0.39 is 11.6 Å². The maximum Gasteiger partial charge on any atom is 0.254 e. The Kier molecular flexibility index (Phi) is 9.39. The predicted octanol–water partition coefficient (Wildman–Crippen LogP) is 5.12. The number of rotatable bonds is 10. The van der Waals surface area contributed by atoms with Gasteiger partial charge in [0, 0.05) is 48.9 Å². The van der Waals surface area contributed by atoms with Crippen LogP contribution in [0.15, 0.2) is 42.0 Å². The largest absolute Gasteiger partial charge is 0.493 e. The lowest BCUT2D eigenvalue weighted by atomic mass is 10.1. The Morgan fingerprint density at radius 2 is 1.89 bits per heavy atom. The van der Waals surface area contributed by atoms with Crippen LogP contribution in [-0.4, -0.2) is 68.2 Å². The fourth-order valence-electron chi connectivity index (χ4n) is 5.81. The average Bonchev–Trinajstić information content (AvgIpc) is 3.52. The summed E-state index contributed by atoms with van der Waals surface area (Å²) in [7, 11) is 3.10. The van der Waals surface area contributed by atoms with E-state index in [1.165, 1.54) is 12.1 Å². The molecule has 0 aromatic heterocycles. The molecule has 2 aliphatic rings. The van der Waals surface area contributed by atoms with Gasteiger partial charge in [-0.2, -0.15) is 0 Å². The second-order valence-corrected chi connectivity index (χ2v) is 10.6. The minimum absolute atomic E-state index is 0.131. The van der Waals surface area contributed by atoms with Crippen LogP contribution in [-0.2, 0) is 0 Å². The molecule has 0 radical (unpaired) electrons. The zero-order chi connectivity index (χ0) is 27.2. The van der Waals surface area contributed by atoms with Crippen molar-refractivity contribution in [2.75, 3.05) is 40.4 Å². The highest BCUT2D eigenvalue weighted by atomic mass is 19.1. The fraction of sp³-hybridized carbons (Fsp3) is 0.500. The molecule has 1 aliphatic heterocycles. The van der Waals surface area contributed by atoms with Crippen LogP contribution in [0.4, 0.5) is 8.78 Å². The zero-order valence-corrected chi connectivity index (χ0v) is 22.6. The van der Waals surface area contributed by atoms with Crippen molar-refractivity contribution in [2.45, 2.75) is 51.1 Å². The van der Waals surface area contributed by atoms with E-state index in [1.54, 1.807) is 38.5 Å². The summed E-state index contributed by atoms with van der Waals surface area (Å²) in [5.41, 5.74) is 7.75. The average molecular weight is 528 g/mol. The third-order valence-corrected chi connectivity index (χ3v) is 7.73.